The fourth-order valence-corrected chi connectivity index (χ4v) is 1.32. The Labute approximate surface area is 99.3 Å². The molecule has 0 aliphatic carbocycles. The van der Waals surface area contributed by atoms with Crippen LogP contribution in [0.15, 0.2) is 18.2 Å². The van der Waals surface area contributed by atoms with Gasteiger partial charge in [-0.3, -0.25) is 0 Å². The average Bonchev–Trinajstić information content (AvgIpc) is 2.24. The number of halogens is 1. The van der Waals surface area contributed by atoms with E-state index in [9.17, 15) is 4.79 Å². The summed E-state index contributed by atoms with van der Waals surface area (Å²) in [6.07, 6.45) is 0. The lowest BCUT2D eigenvalue weighted by Crippen LogP contribution is -2.12. The van der Waals surface area contributed by atoms with Crippen LogP contribution in [0.5, 0.6) is 0 Å². The van der Waals surface area contributed by atoms with Crippen molar-refractivity contribution in [3.8, 4) is 0 Å². The summed E-state index contributed by atoms with van der Waals surface area (Å²) in [6, 6.07) is 4.65. The Bertz CT molecular complexity index is 368. The highest BCUT2D eigenvalue weighted by Gasteiger charge is 2.10. The molecular formula is C11H14ClNO3. The van der Waals surface area contributed by atoms with E-state index in [2.05, 4.69) is 0 Å². The number of rotatable bonds is 5. The molecule has 88 valence electrons. The van der Waals surface area contributed by atoms with E-state index < -0.39 is 5.97 Å². The van der Waals surface area contributed by atoms with Crippen molar-refractivity contribution in [1.82, 2.24) is 0 Å². The average molecular weight is 244 g/mol. The van der Waals surface area contributed by atoms with Crippen molar-refractivity contribution in [1.29, 1.82) is 0 Å². The number of hydrogen-bond donors (Lipinski definition) is 1. The summed E-state index contributed by atoms with van der Waals surface area (Å²) >= 11 is 5.72. The maximum atomic E-state index is 11.5. The summed E-state index contributed by atoms with van der Waals surface area (Å²) in [6.45, 7) is 3.07. The van der Waals surface area contributed by atoms with Gasteiger partial charge in [-0.25, -0.2) is 4.79 Å². The first-order chi connectivity index (χ1) is 7.65. The Morgan fingerprint density at radius 2 is 2.19 bits per heavy atom. The van der Waals surface area contributed by atoms with Gasteiger partial charge in [-0.1, -0.05) is 11.6 Å². The Balaban J connectivity index is 2.53. The van der Waals surface area contributed by atoms with Gasteiger partial charge in [0.15, 0.2) is 0 Å². The molecule has 0 heterocycles. The van der Waals surface area contributed by atoms with Crippen molar-refractivity contribution >= 4 is 23.3 Å². The van der Waals surface area contributed by atoms with Gasteiger partial charge in [0, 0.05) is 17.3 Å². The van der Waals surface area contributed by atoms with Gasteiger partial charge in [-0.05, 0) is 25.1 Å². The summed E-state index contributed by atoms with van der Waals surface area (Å²) < 4.78 is 10.0. The van der Waals surface area contributed by atoms with Crippen LogP contribution in [0.3, 0.4) is 0 Å². The molecule has 0 aliphatic heterocycles. The number of carbonyl (C=O) groups excluding carboxylic acids is 1. The van der Waals surface area contributed by atoms with Crippen molar-refractivity contribution in [3.05, 3.63) is 28.8 Å². The molecule has 0 saturated carbocycles. The van der Waals surface area contributed by atoms with E-state index in [1.807, 2.05) is 6.92 Å². The number of nitrogen functional groups attached to an aromatic ring is 1. The first-order valence-corrected chi connectivity index (χ1v) is 5.33. The maximum Gasteiger partial charge on any atom is 0.340 e. The summed E-state index contributed by atoms with van der Waals surface area (Å²) in [5.74, 6) is -0.464. The van der Waals surface area contributed by atoms with Crippen LogP contribution in [-0.4, -0.2) is 25.8 Å². The number of carbonyl (C=O) groups is 1. The monoisotopic (exact) mass is 243 g/mol. The molecule has 0 radical (unpaired) electrons. The van der Waals surface area contributed by atoms with Crippen molar-refractivity contribution in [2.75, 3.05) is 25.6 Å². The van der Waals surface area contributed by atoms with Gasteiger partial charge in [-0.15, -0.1) is 0 Å². The molecular weight excluding hydrogens is 230 g/mol. The van der Waals surface area contributed by atoms with Crippen molar-refractivity contribution in [2.24, 2.45) is 0 Å². The highest BCUT2D eigenvalue weighted by Crippen LogP contribution is 2.18. The lowest BCUT2D eigenvalue weighted by atomic mass is 10.2. The Morgan fingerprint density at radius 1 is 1.44 bits per heavy atom. The third kappa shape index (κ3) is 3.72. The molecule has 0 aliphatic rings. The number of hydrogen-bond acceptors (Lipinski definition) is 4. The van der Waals surface area contributed by atoms with Crippen LogP contribution >= 0.6 is 11.6 Å². The van der Waals surface area contributed by atoms with Gasteiger partial charge in [0.1, 0.15) is 6.61 Å². The standard InChI is InChI=1S/C11H14ClNO3/c1-2-15-5-6-16-11(14)9-4-3-8(12)7-10(9)13/h3-4,7H,2,5-6,13H2,1H3. The molecule has 1 aromatic carbocycles. The van der Waals surface area contributed by atoms with Gasteiger partial charge < -0.3 is 15.2 Å². The van der Waals surface area contributed by atoms with E-state index in [0.29, 0.717) is 29.5 Å². The molecule has 0 fully saturated rings. The molecule has 1 aromatic rings. The molecule has 5 heteroatoms. The van der Waals surface area contributed by atoms with Gasteiger partial charge in [0.25, 0.3) is 0 Å². The normalized spacial score (nSPS) is 10.1. The predicted molar refractivity (Wildman–Crippen MR) is 62.6 cm³/mol. The van der Waals surface area contributed by atoms with Crippen molar-refractivity contribution in [3.63, 3.8) is 0 Å². The van der Waals surface area contributed by atoms with E-state index in [0.717, 1.165) is 0 Å². The second-order valence-electron chi connectivity index (χ2n) is 3.06. The highest BCUT2D eigenvalue weighted by atomic mass is 35.5. The predicted octanol–water partition coefficient (Wildman–Crippen LogP) is 2.12. The highest BCUT2D eigenvalue weighted by molar-refractivity contribution is 6.31. The third-order valence-corrected chi connectivity index (χ3v) is 2.13. The minimum Gasteiger partial charge on any atom is -0.460 e. The maximum absolute atomic E-state index is 11.5. The summed E-state index contributed by atoms with van der Waals surface area (Å²) in [5.41, 5.74) is 6.27. The zero-order valence-electron chi connectivity index (χ0n) is 9.03. The van der Waals surface area contributed by atoms with Crippen molar-refractivity contribution in [2.45, 2.75) is 6.92 Å². The number of benzene rings is 1. The van der Waals surface area contributed by atoms with Gasteiger partial charge in [0.2, 0.25) is 0 Å². The summed E-state index contributed by atoms with van der Waals surface area (Å²) in [7, 11) is 0. The first-order valence-electron chi connectivity index (χ1n) is 4.95. The summed E-state index contributed by atoms with van der Waals surface area (Å²) in [5, 5.41) is 0.489. The van der Waals surface area contributed by atoms with Crippen LogP contribution in [0.1, 0.15) is 17.3 Å². The first kappa shape index (κ1) is 12.8. The zero-order valence-corrected chi connectivity index (χ0v) is 9.79. The molecule has 0 spiro atoms. The number of nitrogens with two attached hydrogens (primary N) is 1. The second-order valence-corrected chi connectivity index (χ2v) is 3.50. The number of esters is 1. The number of anilines is 1. The summed E-state index contributed by atoms with van der Waals surface area (Å²) in [4.78, 5) is 11.5. The Hall–Kier alpha value is -1.26. The molecule has 0 unspecified atom stereocenters. The second kappa shape index (κ2) is 6.35. The Kier molecular flexibility index (Phi) is 5.08. The third-order valence-electron chi connectivity index (χ3n) is 1.90. The number of ether oxygens (including phenoxy) is 2. The Morgan fingerprint density at radius 3 is 2.81 bits per heavy atom. The van der Waals surface area contributed by atoms with Gasteiger partial charge in [-0.2, -0.15) is 0 Å². The molecule has 0 atom stereocenters. The topological polar surface area (TPSA) is 61.5 Å². The van der Waals surface area contributed by atoms with E-state index in [1.54, 1.807) is 12.1 Å². The molecule has 2 N–H and O–H groups in total. The lowest BCUT2D eigenvalue weighted by molar-refractivity contribution is 0.0336. The lowest BCUT2D eigenvalue weighted by Gasteiger charge is -2.07. The van der Waals surface area contributed by atoms with E-state index in [-0.39, 0.29) is 6.61 Å². The molecule has 0 saturated heterocycles. The van der Waals surface area contributed by atoms with E-state index in [4.69, 9.17) is 26.8 Å². The molecule has 16 heavy (non-hydrogen) atoms. The minimum absolute atomic E-state index is 0.217. The molecule has 4 nitrogen and oxygen atoms in total. The van der Waals surface area contributed by atoms with E-state index in [1.165, 1.54) is 6.07 Å². The van der Waals surface area contributed by atoms with Gasteiger partial charge >= 0.3 is 5.97 Å². The molecule has 1 rings (SSSR count). The quantitative estimate of drug-likeness (QED) is 0.489. The van der Waals surface area contributed by atoms with Crippen LogP contribution in [0.4, 0.5) is 5.69 Å². The van der Waals surface area contributed by atoms with Gasteiger partial charge in [0.05, 0.1) is 12.2 Å². The smallest absolute Gasteiger partial charge is 0.340 e. The molecule has 0 aromatic heterocycles. The van der Waals surface area contributed by atoms with Crippen LogP contribution in [-0.2, 0) is 9.47 Å². The van der Waals surface area contributed by atoms with Crippen LogP contribution in [0.25, 0.3) is 0 Å². The van der Waals surface area contributed by atoms with Crippen LogP contribution < -0.4 is 5.73 Å². The van der Waals surface area contributed by atoms with Crippen LogP contribution in [0.2, 0.25) is 5.02 Å². The largest absolute Gasteiger partial charge is 0.460 e. The van der Waals surface area contributed by atoms with Crippen molar-refractivity contribution < 1.29 is 14.3 Å². The fourth-order valence-electron chi connectivity index (χ4n) is 1.13. The fraction of sp³-hybridized carbons (Fsp3) is 0.364. The minimum atomic E-state index is -0.464. The zero-order chi connectivity index (χ0) is 12.0. The molecule has 0 bridgehead atoms. The molecule has 0 amide bonds. The SMILES string of the molecule is CCOCCOC(=O)c1ccc(Cl)cc1N. The van der Waals surface area contributed by atoms with E-state index >= 15 is 0 Å². The van der Waals surface area contributed by atoms with Crippen LogP contribution in [0, 0.1) is 0 Å².